The Hall–Kier alpha value is -4.42. The van der Waals surface area contributed by atoms with Gasteiger partial charge < -0.3 is 0 Å². The molecule has 0 spiro atoms. The second-order valence-corrected chi connectivity index (χ2v) is 11.4. The molecule has 0 unspecified atom stereocenters. The van der Waals surface area contributed by atoms with Crippen molar-refractivity contribution >= 4 is 10.8 Å². The predicted octanol–water partition coefficient (Wildman–Crippen LogP) is 10.8. The Kier molecular flexibility index (Phi) is 5.13. The van der Waals surface area contributed by atoms with Crippen LogP contribution in [0.3, 0.4) is 0 Å². The first-order valence-electron chi connectivity index (χ1n) is 13.4. The van der Waals surface area contributed by atoms with Gasteiger partial charge >= 0.3 is 0 Å². The zero-order chi connectivity index (χ0) is 25.9. The van der Waals surface area contributed by atoms with E-state index in [0.29, 0.717) is 0 Å². The molecule has 6 aromatic carbocycles. The minimum absolute atomic E-state index is 0.131. The Morgan fingerprint density at radius 2 is 0.895 bits per heavy atom. The third-order valence-electron chi connectivity index (χ3n) is 8.03. The molecule has 0 heteroatoms. The minimum Gasteiger partial charge on any atom is -0.0622 e. The second kappa shape index (κ2) is 8.57. The van der Waals surface area contributed by atoms with Gasteiger partial charge in [0.2, 0.25) is 0 Å². The largest absolute Gasteiger partial charge is 0.0622 e. The van der Waals surface area contributed by atoms with Crippen LogP contribution in [0, 0.1) is 0 Å². The molecule has 1 aliphatic rings. The molecular weight excluding hydrogens is 456 g/mol. The second-order valence-electron chi connectivity index (χ2n) is 11.4. The molecular formula is C38H30. The molecule has 0 aromatic heterocycles. The average molecular weight is 487 g/mol. The fraction of sp³-hybridized carbons (Fsp3) is 0.105. The van der Waals surface area contributed by atoms with Crippen LogP contribution in [0.25, 0.3) is 66.4 Å². The normalized spacial score (nSPS) is 12.1. The van der Waals surface area contributed by atoms with Gasteiger partial charge in [0.15, 0.2) is 0 Å². The first-order valence-corrected chi connectivity index (χ1v) is 13.4. The summed E-state index contributed by atoms with van der Waals surface area (Å²) in [6.07, 6.45) is 0. The number of hydrogen-bond donors (Lipinski definition) is 0. The average Bonchev–Trinajstić information content (AvgIpc) is 3.28. The molecule has 0 saturated heterocycles. The molecule has 0 bridgehead atoms. The van der Waals surface area contributed by atoms with Crippen LogP contribution in [0.1, 0.15) is 26.3 Å². The SMILES string of the molecule is CC(C)(C)c1ccc2c(c1)-c1cccc3c(-c4ccc(-c5ccc(-c6ccccc6)cc5)cc4)ccc-2c13. The van der Waals surface area contributed by atoms with Gasteiger partial charge in [-0.05, 0) is 83.5 Å². The van der Waals surface area contributed by atoms with Crippen molar-refractivity contribution in [3.8, 4) is 55.6 Å². The van der Waals surface area contributed by atoms with Crippen molar-refractivity contribution < 1.29 is 0 Å². The summed E-state index contributed by atoms with van der Waals surface area (Å²) in [5.41, 5.74) is 14.5. The van der Waals surface area contributed by atoms with Gasteiger partial charge in [0, 0.05) is 0 Å². The monoisotopic (exact) mass is 486 g/mol. The van der Waals surface area contributed by atoms with Gasteiger partial charge in [0.1, 0.15) is 0 Å². The molecule has 0 amide bonds. The third kappa shape index (κ3) is 3.68. The van der Waals surface area contributed by atoms with Crippen molar-refractivity contribution in [1.82, 2.24) is 0 Å². The van der Waals surface area contributed by atoms with Crippen LogP contribution < -0.4 is 0 Å². The molecule has 0 saturated carbocycles. The molecule has 38 heavy (non-hydrogen) atoms. The van der Waals surface area contributed by atoms with Gasteiger partial charge in [-0.1, -0.05) is 142 Å². The number of rotatable bonds is 3. The highest BCUT2D eigenvalue weighted by Gasteiger charge is 2.25. The van der Waals surface area contributed by atoms with Gasteiger partial charge in [-0.3, -0.25) is 0 Å². The molecule has 0 atom stereocenters. The van der Waals surface area contributed by atoms with Crippen molar-refractivity contribution in [1.29, 1.82) is 0 Å². The summed E-state index contributed by atoms with van der Waals surface area (Å²) in [4.78, 5) is 0. The van der Waals surface area contributed by atoms with Crippen LogP contribution in [0.4, 0.5) is 0 Å². The molecule has 0 radical (unpaired) electrons. The van der Waals surface area contributed by atoms with Gasteiger partial charge in [-0.15, -0.1) is 0 Å². The van der Waals surface area contributed by atoms with Crippen molar-refractivity contribution in [3.05, 3.63) is 133 Å². The Morgan fingerprint density at radius 3 is 1.53 bits per heavy atom. The lowest BCUT2D eigenvalue weighted by Crippen LogP contribution is -2.10. The molecule has 1 aliphatic carbocycles. The van der Waals surface area contributed by atoms with Crippen molar-refractivity contribution in [2.24, 2.45) is 0 Å². The zero-order valence-corrected chi connectivity index (χ0v) is 22.1. The van der Waals surface area contributed by atoms with E-state index in [2.05, 4.69) is 148 Å². The Labute approximate surface area is 225 Å². The van der Waals surface area contributed by atoms with Gasteiger partial charge in [-0.2, -0.15) is 0 Å². The lowest BCUT2D eigenvalue weighted by molar-refractivity contribution is 0.590. The Balaban J connectivity index is 1.26. The molecule has 0 N–H and O–H groups in total. The van der Waals surface area contributed by atoms with E-state index in [1.54, 1.807) is 0 Å². The number of fused-ring (bicyclic) bond motifs is 3. The van der Waals surface area contributed by atoms with E-state index in [1.807, 2.05) is 0 Å². The zero-order valence-electron chi connectivity index (χ0n) is 22.1. The molecule has 0 heterocycles. The molecule has 0 nitrogen and oxygen atoms in total. The summed E-state index contributed by atoms with van der Waals surface area (Å²) in [5, 5.41) is 2.71. The lowest BCUT2D eigenvalue weighted by Gasteiger charge is -2.20. The van der Waals surface area contributed by atoms with Crippen molar-refractivity contribution in [2.45, 2.75) is 26.2 Å². The maximum Gasteiger partial charge on any atom is -0.00201 e. The maximum atomic E-state index is 2.40. The van der Waals surface area contributed by atoms with Gasteiger partial charge in [0.25, 0.3) is 0 Å². The third-order valence-corrected chi connectivity index (χ3v) is 8.03. The fourth-order valence-corrected chi connectivity index (χ4v) is 5.90. The Bertz CT molecular complexity index is 1800. The van der Waals surface area contributed by atoms with Crippen LogP contribution in [0.2, 0.25) is 0 Å². The highest BCUT2D eigenvalue weighted by atomic mass is 14.3. The highest BCUT2D eigenvalue weighted by Crippen LogP contribution is 2.50. The van der Waals surface area contributed by atoms with E-state index in [4.69, 9.17) is 0 Å². The summed E-state index contributed by atoms with van der Waals surface area (Å²) in [5.74, 6) is 0. The van der Waals surface area contributed by atoms with Crippen LogP contribution in [0.15, 0.2) is 127 Å². The van der Waals surface area contributed by atoms with E-state index in [0.717, 1.165) is 0 Å². The maximum absolute atomic E-state index is 2.40. The first kappa shape index (κ1) is 22.8. The molecule has 182 valence electrons. The molecule has 6 aromatic rings. The van der Waals surface area contributed by atoms with Gasteiger partial charge in [0.05, 0.1) is 0 Å². The van der Waals surface area contributed by atoms with E-state index >= 15 is 0 Å². The topological polar surface area (TPSA) is 0 Å². The highest BCUT2D eigenvalue weighted by molar-refractivity contribution is 6.18. The fourth-order valence-electron chi connectivity index (χ4n) is 5.90. The van der Waals surface area contributed by atoms with Crippen molar-refractivity contribution in [2.75, 3.05) is 0 Å². The van der Waals surface area contributed by atoms with E-state index < -0.39 is 0 Å². The summed E-state index contributed by atoms with van der Waals surface area (Å²) < 4.78 is 0. The van der Waals surface area contributed by atoms with Crippen LogP contribution in [0.5, 0.6) is 0 Å². The summed E-state index contributed by atoms with van der Waals surface area (Å²) >= 11 is 0. The predicted molar refractivity (Wildman–Crippen MR) is 163 cm³/mol. The minimum atomic E-state index is 0.131. The van der Waals surface area contributed by atoms with E-state index in [9.17, 15) is 0 Å². The van der Waals surface area contributed by atoms with E-state index in [-0.39, 0.29) is 5.41 Å². The lowest BCUT2D eigenvalue weighted by atomic mass is 9.85. The summed E-state index contributed by atoms with van der Waals surface area (Å²) in [7, 11) is 0. The smallest absolute Gasteiger partial charge is 0.00201 e. The van der Waals surface area contributed by atoms with Gasteiger partial charge in [-0.25, -0.2) is 0 Å². The first-order chi connectivity index (χ1) is 18.5. The standard InChI is InChI=1S/C38H30/c1-38(2,3)30-20-21-32-35-23-22-31(33-10-7-11-34(37(33)35)36(32)24-30)29-18-16-28(17-19-29)27-14-12-26(13-15-27)25-8-5-4-6-9-25/h4-24H,1-3H3. The Morgan fingerprint density at radius 1 is 0.368 bits per heavy atom. The van der Waals surface area contributed by atoms with E-state index in [1.165, 1.54) is 72.0 Å². The molecule has 0 fully saturated rings. The van der Waals surface area contributed by atoms with Crippen LogP contribution in [-0.2, 0) is 5.41 Å². The quantitative estimate of drug-likeness (QED) is 0.233. The van der Waals surface area contributed by atoms with Crippen LogP contribution in [-0.4, -0.2) is 0 Å². The number of hydrogen-bond acceptors (Lipinski definition) is 0. The summed E-state index contributed by atoms with van der Waals surface area (Å²) in [6, 6.07) is 46.9. The summed E-state index contributed by atoms with van der Waals surface area (Å²) in [6.45, 7) is 6.87. The van der Waals surface area contributed by atoms with Crippen LogP contribution >= 0.6 is 0 Å². The van der Waals surface area contributed by atoms with Crippen molar-refractivity contribution in [3.63, 3.8) is 0 Å². The molecule has 0 aliphatic heterocycles. The molecule has 7 rings (SSSR count). The number of benzene rings is 6.